The number of unbranched alkanes of at least 4 members (excludes halogenated alkanes) is 2. The average Bonchev–Trinajstić information content (AvgIpc) is 2.36. The third-order valence-corrected chi connectivity index (χ3v) is 2.82. The maximum absolute atomic E-state index is 4.09. The van der Waals surface area contributed by atoms with E-state index in [0.29, 0.717) is 0 Å². The first-order chi connectivity index (χ1) is 8.33. The summed E-state index contributed by atoms with van der Waals surface area (Å²) >= 11 is 0. The summed E-state index contributed by atoms with van der Waals surface area (Å²) in [5, 5.41) is 0. The van der Waals surface area contributed by atoms with Crippen LogP contribution >= 0.6 is 0 Å². The highest BCUT2D eigenvalue weighted by atomic mass is 15.1. The van der Waals surface area contributed by atoms with E-state index >= 15 is 0 Å². The van der Waals surface area contributed by atoms with Gasteiger partial charge in [0.1, 0.15) is 0 Å². The van der Waals surface area contributed by atoms with Crippen LogP contribution in [0.4, 0.5) is 0 Å². The molecule has 1 heterocycles. The quantitative estimate of drug-likeness (QED) is 0.637. The molecular weight excluding hydrogens is 208 g/mol. The molecule has 0 atom stereocenters. The van der Waals surface area contributed by atoms with Gasteiger partial charge in [0.05, 0.1) is 0 Å². The Balaban J connectivity index is 2.12. The van der Waals surface area contributed by atoms with Gasteiger partial charge in [0, 0.05) is 18.9 Å². The highest BCUT2D eigenvalue weighted by Gasteiger charge is 1.95. The van der Waals surface area contributed by atoms with E-state index < -0.39 is 0 Å². The zero-order valence-electron chi connectivity index (χ0n) is 11.1. The topological polar surface area (TPSA) is 16.1 Å². The van der Waals surface area contributed by atoms with E-state index in [1.54, 1.807) is 6.20 Å². The van der Waals surface area contributed by atoms with E-state index in [0.717, 1.165) is 13.0 Å². The van der Waals surface area contributed by atoms with E-state index in [-0.39, 0.29) is 0 Å². The summed E-state index contributed by atoms with van der Waals surface area (Å²) in [5.41, 5.74) is 1.18. The van der Waals surface area contributed by atoms with Gasteiger partial charge in [-0.2, -0.15) is 0 Å². The van der Waals surface area contributed by atoms with E-state index in [4.69, 9.17) is 0 Å². The highest BCUT2D eigenvalue weighted by molar-refractivity contribution is 5.47. The fourth-order valence-electron chi connectivity index (χ4n) is 1.73. The Morgan fingerprint density at radius 3 is 2.88 bits per heavy atom. The smallest absolute Gasteiger partial charge is 0.0340 e. The molecule has 0 aromatic carbocycles. The first kappa shape index (κ1) is 13.9. The third kappa shape index (κ3) is 6.90. The van der Waals surface area contributed by atoms with Gasteiger partial charge in [0.25, 0.3) is 0 Å². The zero-order valence-corrected chi connectivity index (χ0v) is 11.1. The fraction of sp³-hybridized carbons (Fsp3) is 0.533. The molecule has 0 amide bonds. The molecule has 0 bridgehead atoms. The van der Waals surface area contributed by atoms with Crippen molar-refractivity contribution in [3.8, 4) is 0 Å². The molecule has 0 aliphatic heterocycles. The number of rotatable bonds is 8. The summed E-state index contributed by atoms with van der Waals surface area (Å²) in [6.45, 7) is 4.60. The number of nitrogens with zero attached hydrogens (tertiary/aromatic N) is 2. The van der Waals surface area contributed by atoms with Crippen molar-refractivity contribution < 1.29 is 0 Å². The number of hydrogen-bond donors (Lipinski definition) is 0. The van der Waals surface area contributed by atoms with Crippen LogP contribution in [-0.2, 0) is 0 Å². The van der Waals surface area contributed by atoms with Gasteiger partial charge in [0.15, 0.2) is 0 Å². The summed E-state index contributed by atoms with van der Waals surface area (Å²) in [5.74, 6) is 0. The molecule has 0 fully saturated rings. The van der Waals surface area contributed by atoms with Crippen LogP contribution in [0, 0.1) is 0 Å². The molecule has 2 heteroatoms. The average molecular weight is 232 g/mol. The molecule has 0 aliphatic carbocycles. The SMILES string of the molecule is CCCCCN(C)CCC=Cc1cccnc1. The van der Waals surface area contributed by atoms with Crippen molar-refractivity contribution in [2.24, 2.45) is 0 Å². The van der Waals surface area contributed by atoms with Crippen LogP contribution in [0.3, 0.4) is 0 Å². The van der Waals surface area contributed by atoms with Gasteiger partial charge in [-0.05, 0) is 38.1 Å². The Labute approximate surface area is 105 Å². The molecule has 17 heavy (non-hydrogen) atoms. The van der Waals surface area contributed by atoms with Gasteiger partial charge in [-0.3, -0.25) is 4.98 Å². The molecule has 0 saturated carbocycles. The van der Waals surface area contributed by atoms with Crippen molar-refractivity contribution in [3.05, 3.63) is 36.2 Å². The van der Waals surface area contributed by atoms with Gasteiger partial charge < -0.3 is 4.90 Å². The van der Waals surface area contributed by atoms with Crippen molar-refractivity contribution in [2.75, 3.05) is 20.1 Å². The summed E-state index contributed by atoms with van der Waals surface area (Å²) in [6.07, 6.45) is 13.1. The Morgan fingerprint density at radius 1 is 1.29 bits per heavy atom. The Morgan fingerprint density at radius 2 is 2.18 bits per heavy atom. The van der Waals surface area contributed by atoms with Gasteiger partial charge in [-0.1, -0.05) is 38.0 Å². The fourth-order valence-corrected chi connectivity index (χ4v) is 1.73. The largest absolute Gasteiger partial charge is 0.306 e. The predicted octanol–water partition coefficient (Wildman–Crippen LogP) is 3.61. The lowest BCUT2D eigenvalue weighted by atomic mass is 10.2. The minimum Gasteiger partial charge on any atom is -0.306 e. The third-order valence-electron chi connectivity index (χ3n) is 2.82. The van der Waals surface area contributed by atoms with Gasteiger partial charge in [0.2, 0.25) is 0 Å². The summed E-state index contributed by atoms with van der Waals surface area (Å²) < 4.78 is 0. The molecule has 0 spiro atoms. The molecule has 1 aromatic heterocycles. The first-order valence-corrected chi connectivity index (χ1v) is 6.58. The van der Waals surface area contributed by atoms with Gasteiger partial charge in [-0.25, -0.2) is 0 Å². The lowest BCUT2D eigenvalue weighted by Gasteiger charge is -2.14. The number of hydrogen-bond acceptors (Lipinski definition) is 2. The molecule has 0 saturated heterocycles. The van der Waals surface area contributed by atoms with Crippen molar-refractivity contribution in [2.45, 2.75) is 32.6 Å². The molecule has 1 aromatic rings. The Bertz CT molecular complexity index is 306. The molecule has 94 valence electrons. The number of pyridine rings is 1. The van der Waals surface area contributed by atoms with E-state index in [9.17, 15) is 0 Å². The highest BCUT2D eigenvalue weighted by Crippen LogP contribution is 2.01. The maximum atomic E-state index is 4.09. The van der Waals surface area contributed by atoms with Crippen LogP contribution < -0.4 is 0 Å². The molecular formula is C15H24N2. The van der Waals surface area contributed by atoms with Crippen LogP contribution in [0.1, 0.15) is 38.2 Å². The minimum absolute atomic E-state index is 1.11. The summed E-state index contributed by atoms with van der Waals surface area (Å²) in [4.78, 5) is 6.49. The van der Waals surface area contributed by atoms with Crippen molar-refractivity contribution in [1.29, 1.82) is 0 Å². The normalized spacial score (nSPS) is 11.5. The van der Waals surface area contributed by atoms with E-state index in [2.05, 4.69) is 42.1 Å². The lowest BCUT2D eigenvalue weighted by Crippen LogP contribution is -2.20. The van der Waals surface area contributed by atoms with Crippen molar-refractivity contribution in [1.82, 2.24) is 9.88 Å². The van der Waals surface area contributed by atoms with E-state index in [1.165, 1.54) is 31.4 Å². The summed E-state index contributed by atoms with van der Waals surface area (Å²) in [7, 11) is 2.20. The van der Waals surface area contributed by atoms with Crippen LogP contribution in [-0.4, -0.2) is 30.0 Å². The maximum Gasteiger partial charge on any atom is 0.0340 e. The number of aromatic nitrogens is 1. The van der Waals surface area contributed by atoms with E-state index in [1.807, 2.05) is 12.3 Å². The second-order valence-corrected chi connectivity index (χ2v) is 4.49. The predicted molar refractivity (Wildman–Crippen MR) is 74.9 cm³/mol. The lowest BCUT2D eigenvalue weighted by molar-refractivity contribution is 0.332. The second kappa shape index (κ2) is 8.94. The standard InChI is InChI=1S/C15H24N2/c1-3-4-6-12-17(2)13-7-5-9-15-10-8-11-16-14-15/h5,8-11,14H,3-4,6-7,12-13H2,1-2H3. The van der Waals surface area contributed by atoms with Crippen LogP contribution in [0.25, 0.3) is 6.08 Å². The van der Waals surface area contributed by atoms with Crippen molar-refractivity contribution >= 4 is 6.08 Å². The minimum atomic E-state index is 1.11. The van der Waals surface area contributed by atoms with Crippen LogP contribution in [0.15, 0.2) is 30.6 Å². The monoisotopic (exact) mass is 232 g/mol. The molecule has 0 N–H and O–H groups in total. The molecule has 0 aliphatic rings. The molecule has 2 nitrogen and oxygen atoms in total. The molecule has 0 unspecified atom stereocenters. The zero-order chi connectivity index (χ0) is 12.3. The van der Waals surface area contributed by atoms with Gasteiger partial charge >= 0.3 is 0 Å². The molecule has 1 rings (SSSR count). The Kier molecular flexibility index (Phi) is 7.32. The second-order valence-electron chi connectivity index (χ2n) is 4.49. The van der Waals surface area contributed by atoms with Crippen LogP contribution in [0.5, 0.6) is 0 Å². The van der Waals surface area contributed by atoms with Crippen molar-refractivity contribution in [3.63, 3.8) is 0 Å². The summed E-state index contributed by atoms with van der Waals surface area (Å²) in [6, 6.07) is 4.05. The van der Waals surface area contributed by atoms with Crippen LogP contribution in [0.2, 0.25) is 0 Å². The Hall–Kier alpha value is -1.15. The first-order valence-electron chi connectivity index (χ1n) is 6.58. The molecule has 0 radical (unpaired) electrons. The van der Waals surface area contributed by atoms with Gasteiger partial charge in [-0.15, -0.1) is 0 Å².